The molecule has 0 amide bonds. The largest absolute Gasteiger partial charge is 0.377 e. The lowest BCUT2D eigenvalue weighted by Crippen LogP contribution is -2.43. The predicted octanol–water partition coefficient (Wildman–Crippen LogP) is 4.83. The van der Waals surface area contributed by atoms with Gasteiger partial charge < -0.3 is 15.5 Å². The van der Waals surface area contributed by atoms with E-state index in [0.29, 0.717) is 10.0 Å². The number of nitrogens with one attached hydrogen (secondary N) is 2. The molecule has 0 aliphatic carbocycles. The average Bonchev–Trinajstić information content (AvgIpc) is 2.65. The summed E-state index contributed by atoms with van der Waals surface area (Å²) in [5.74, 6) is 0. The van der Waals surface area contributed by atoms with Crippen molar-refractivity contribution in [3.05, 3.63) is 64.1 Å². The van der Waals surface area contributed by atoms with Gasteiger partial charge >= 0.3 is 0 Å². The van der Waals surface area contributed by atoms with Crippen LogP contribution in [0.2, 0.25) is 10.0 Å². The van der Waals surface area contributed by atoms with Crippen molar-refractivity contribution in [1.82, 2.24) is 10.2 Å². The van der Waals surface area contributed by atoms with Gasteiger partial charge in [0.05, 0.1) is 16.8 Å². The van der Waals surface area contributed by atoms with Gasteiger partial charge in [0.25, 0.3) is 0 Å². The quantitative estimate of drug-likeness (QED) is 0.723. The van der Waals surface area contributed by atoms with Gasteiger partial charge in [-0.1, -0.05) is 53.5 Å². The Morgan fingerprint density at radius 3 is 2.56 bits per heavy atom. The lowest BCUT2D eigenvalue weighted by molar-refractivity contribution is 0.235. The molecule has 25 heavy (non-hydrogen) atoms. The smallest absolute Gasteiger partial charge is 0.0638 e. The van der Waals surface area contributed by atoms with Crippen molar-refractivity contribution in [1.29, 1.82) is 0 Å². The van der Waals surface area contributed by atoms with Crippen LogP contribution in [0.4, 0.5) is 5.69 Å². The second kappa shape index (κ2) is 9.44. The number of benzene rings is 2. The fourth-order valence-electron chi connectivity index (χ4n) is 3.26. The minimum absolute atomic E-state index is 0.222. The van der Waals surface area contributed by atoms with Crippen molar-refractivity contribution >= 4 is 28.9 Å². The summed E-state index contributed by atoms with van der Waals surface area (Å²) in [5, 5.41) is 8.39. The molecule has 0 spiro atoms. The van der Waals surface area contributed by atoms with Gasteiger partial charge in [-0.25, -0.2) is 0 Å². The summed E-state index contributed by atoms with van der Waals surface area (Å²) in [6.45, 7) is 5.61. The molecule has 1 fully saturated rings. The zero-order chi connectivity index (χ0) is 17.5. The van der Waals surface area contributed by atoms with Crippen LogP contribution in [0.1, 0.15) is 24.4 Å². The highest BCUT2D eigenvalue weighted by Crippen LogP contribution is 2.31. The lowest BCUT2D eigenvalue weighted by Gasteiger charge is -2.28. The Morgan fingerprint density at radius 1 is 1.04 bits per heavy atom. The number of halogens is 2. The summed E-state index contributed by atoms with van der Waals surface area (Å²) in [6.07, 6.45) is 2.20. The van der Waals surface area contributed by atoms with Crippen LogP contribution < -0.4 is 10.6 Å². The van der Waals surface area contributed by atoms with Crippen LogP contribution in [0, 0.1) is 0 Å². The first-order chi connectivity index (χ1) is 12.2. The molecule has 3 nitrogen and oxygen atoms in total. The molecule has 2 aromatic carbocycles. The minimum Gasteiger partial charge on any atom is -0.377 e. The van der Waals surface area contributed by atoms with Crippen LogP contribution >= 0.6 is 23.2 Å². The fourth-order valence-corrected chi connectivity index (χ4v) is 3.60. The van der Waals surface area contributed by atoms with Gasteiger partial charge in [0.15, 0.2) is 0 Å². The van der Waals surface area contributed by atoms with Gasteiger partial charge in [-0.3, -0.25) is 0 Å². The maximum atomic E-state index is 6.35. The van der Waals surface area contributed by atoms with Gasteiger partial charge in [0.2, 0.25) is 0 Å². The third kappa shape index (κ3) is 5.61. The summed E-state index contributed by atoms with van der Waals surface area (Å²) in [6, 6.07) is 16.3. The van der Waals surface area contributed by atoms with Crippen molar-refractivity contribution in [2.75, 3.05) is 38.0 Å². The maximum Gasteiger partial charge on any atom is 0.0638 e. The summed E-state index contributed by atoms with van der Waals surface area (Å²) in [5.41, 5.74) is 2.17. The summed E-state index contributed by atoms with van der Waals surface area (Å²) >= 11 is 12.5. The van der Waals surface area contributed by atoms with Gasteiger partial charge in [-0.2, -0.15) is 0 Å². The highest BCUT2D eigenvalue weighted by Gasteiger charge is 2.15. The van der Waals surface area contributed by atoms with Crippen molar-refractivity contribution in [2.24, 2.45) is 0 Å². The molecule has 0 saturated carbocycles. The number of rotatable bonds is 7. The van der Waals surface area contributed by atoms with Crippen LogP contribution in [0.25, 0.3) is 0 Å². The van der Waals surface area contributed by atoms with Crippen LogP contribution in [0.5, 0.6) is 0 Å². The summed E-state index contributed by atoms with van der Waals surface area (Å²) in [7, 11) is 0. The summed E-state index contributed by atoms with van der Waals surface area (Å²) in [4.78, 5) is 2.53. The van der Waals surface area contributed by atoms with Gasteiger partial charge in [-0.15, -0.1) is 0 Å². The van der Waals surface area contributed by atoms with E-state index in [-0.39, 0.29) is 6.04 Å². The lowest BCUT2D eigenvalue weighted by atomic mass is 10.0. The molecule has 0 bridgehead atoms. The van der Waals surface area contributed by atoms with E-state index in [1.807, 2.05) is 24.3 Å². The van der Waals surface area contributed by atoms with Crippen molar-refractivity contribution in [2.45, 2.75) is 18.9 Å². The first kappa shape index (κ1) is 18.5. The van der Waals surface area contributed by atoms with E-state index in [9.17, 15) is 0 Å². The Bertz CT molecular complexity index is 657. The first-order valence-corrected chi connectivity index (χ1v) is 9.67. The van der Waals surface area contributed by atoms with E-state index in [1.54, 1.807) is 0 Å². The molecule has 1 aliphatic heterocycles. The molecule has 134 valence electrons. The van der Waals surface area contributed by atoms with Crippen molar-refractivity contribution in [3.63, 3.8) is 0 Å². The Kier molecular flexibility index (Phi) is 7.00. The SMILES string of the molecule is Clc1ccc(Cl)c(NC(CCCN2CCNCC2)c2ccccc2)c1. The monoisotopic (exact) mass is 377 g/mol. The van der Waals surface area contributed by atoms with Crippen molar-refractivity contribution < 1.29 is 0 Å². The van der Waals surface area contributed by atoms with Crippen LogP contribution in [-0.2, 0) is 0 Å². The molecule has 0 radical (unpaired) electrons. The maximum absolute atomic E-state index is 6.35. The van der Waals surface area contributed by atoms with E-state index >= 15 is 0 Å². The molecule has 1 aliphatic rings. The number of piperazine rings is 1. The second-order valence-electron chi connectivity index (χ2n) is 6.47. The van der Waals surface area contributed by atoms with E-state index in [1.165, 1.54) is 5.56 Å². The van der Waals surface area contributed by atoms with E-state index in [4.69, 9.17) is 23.2 Å². The number of nitrogens with zero attached hydrogens (tertiary/aromatic N) is 1. The van der Waals surface area contributed by atoms with E-state index in [0.717, 1.165) is 51.3 Å². The highest BCUT2D eigenvalue weighted by molar-refractivity contribution is 6.35. The molecule has 0 aromatic heterocycles. The molecule has 2 aromatic rings. The van der Waals surface area contributed by atoms with Crippen molar-refractivity contribution in [3.8, 4) is 0 Å². The Labute approximate surface area is 160 Å². The topological polar surface area (TPSA) is 27.3 Å². The molecule has 1 heterocycles. The number of hydrogen-bond acceptors (Lipinski definition) is 3. The Morgan fingerprint density at radius 2 is 1.80 bits per heavy atom. The molecule has 2 N–H and O–H groups in total. The van der Waals surface area contributed by atoms with Gasteiger partial charge in [0, 0.05) is 31.2 Å². The molecular formula is C20H25Cl2N3. The molecule has 1 saturated heterocycles. The normalized spacial score (nSPS) is 16.6. The first-order valence-electron chi connectivity index (χ1n) is 8.92. The zero-order valence-electron chi connectivity index (χ0n) is 14.3. The third-order valence-electron chi connectivity index (χ3n) is 4.64. The third-order valence-corrected chi connectivity index (χ3v) is 5.20. The number of hydrogen-bond donors (Lipinski definition) is 2. The Balaban J connectivity index is 1.66. The number of anilines is 1. The van der Waals surface area contributed by atoms with Gasteiger partial charge in [-0.05, 0) is 43.1 Å². The second-order valence-corrected chi connectivity index (χ2v) is 7.31. The molecule has 3 rings (SSSR count). The molecular weight excluding hydrogens is 353 g/mol. The highest BCUT2D eigenvalue weighted by atomic mass is 35.5. The standard InChI is InChI=1S/C20H25Cl2N3/c21-17-8-9-18(22)20(15-17)24-19(16-5-2-1-3-6-16)7-4-12-25-13-10-23-11-14-25/h1-3,5-6,8-9,15,19,23-24H,4,7,10-14H2. The minimum atomic E-state index is 0.222. The predicted molar refractivity (Wildman–Crippen MR) is 108 cm³/mol. The average molecular weight is 378 g/mol. The zero-order valence-corrected chi connectivity index (χ0v) is 15.9. The fraction of sp³-hybridized carbons (Fsp3) is 0.400. The van der Waals surface area contributed by atoms with Crippen LogP contribution in [0.3, 0.4) is 0 Å². The van der Waals surface area contributed by atoms with Crippen LogP contribution in [-0.4, -0.2) is 37.6 Å². The molecule has 1 unspecified atom stereocenters. The van der Waals surface area contributed by atoms with Gasteiger partial charge in [0.1, 0.15) is 0 Å². The van der Waals surface area contributed by atoms with Crippen LogP contribution in [0.15, 0.2) is 48.5 Å². The molecule has 1 atom stereocenters. The van der Waals surface area contributed by atoms with E-state index in [2.05, 4.69) is 39.8 Å². The molecule has 5 heteroatoms. The summed E-state index contributed by atoms with van der Waals surface area (Å²) < 4.78 is 0. The van der Waals surface area contributed by atoms with E-state index < -0.39 is 0 Å². The Hall–Kier alpha value is -1.26.